The summed E-state index contributed by atoms with van der Waals surface area (Å²) in [5.41, 5.74) is -4.22. The van der Waals surface area contributed by atoms with Crippen molar-refractivity contribution in [3.63, 3.8) is 0 Å². The van der Waals surface area contributed by atoms with Crippen LogP contribution in [0.25, 0.3) is 0 Å². The van der Waals surface area contributed by atoms with Crippen LogP contribution in [0.3, 0.4) is 0 Å². The highest BCUT2D eigenvalue weighted by Crippen LogP contribution is 2.66. The molecule has 2 saturated carbocycles. The van der Waals surface area contributed by atoms with Gasteiger partial charge in [-0.05, 0) is 121 Å². The Hall–Kier alpha value is -2.07. The topological polar surface area (TPSA) is 69.7 Å². The number of Topliss-reactive ketones (excluding diaryl/α,β-unsaturated/α-hetero) is 1. The first-order valence-electron chi connectivity index (χ1n) is 15.4. The molecule has 0 N–H and O–H groups in total. The Morgan fingerprint density at radius 2 is 1.63 bits per heavy atom. The molecule has 5 rings (SSSR count). The number of hydrogen-bond acceptors (Lipinski definition) is 5. The van der Waals surface area contributed by atoms with Gasteiger partial charge in [-0.3, -0.25) is 4.79 Å². The Balaban J connectivity index is 1.32. The molecule has 2 fully saturated rings. The molecule has 4 aliphatic carbocycles. The lowest BCUT2D eigenvalue weighted by molar-refractivity contribution is -0.0529. The fourth-order valence-corrected chi connectivity index (χ4v) is 9.86. The molecule has 5 nitrogen and oxygen atoms in total. The van der Waals surface area contributed by atoms with Gasteiger partial charge < -0.3 is 8.61 Å². The van der Waals surface area contributed by atoms with Crippen molar-refractivity contribution in [3.8, 4) is 5.75 Å². The molecule has 1 aromatic rings. The summed E-state index contributed by atoms with van der Waals surface area (Å²) in [7, 11) is -7.67. The van der Waals surface area contributed by atoms with Crippen LogP contribution >= 0.6 is 0 Å². The number of ketones is 1. The second-order valence-corrected chi connectivity index (χ2v) is 21.5. The van der Waals surface area contributed by atoms with Crippen LogP contribution in [0.2, 0.25) is 18.1 Å². The summed E-state index contributed by atoms with van der Waals surface area (Å²) in [6, 6.07) is 7.69. The van der Waals surface area contributed by atoms with E-state index >= 15 is 0 Å². The molecule has 1 aromatic carbocycles. The third-order valence-electron chi connectivity index (χ3n) is 11.9. The van der Waals surface area contributed by atoms with E-state index in [1.54, 1.807) is 0 Å². The number of carbonyl (C=O) groups excluding carboxylic acids is 1. The van der Waals surface area contributed by atoms with E-state index in [4.69, 9.17) is 4.43 Å². The normalized spacial score (nSPS) is 33.0. The molecule has 6 atom stereocenters. The number of carbonyl (C=O) groups is 1. The molecule has 10 heteroatoms. The lowest BCUT2D eigenvalue weighted by Crippen LogP contribution is -2.50. The zero-order chi connectivity index (χ0) is 31.8. The monoisotopic (exact) mass is 638 g/mol. The van der Waals surface area contributed by atoms with Gasteiger partial charge in [-0.1, -0.05) is 40.7 Å². The third kappa shape index (κ3) is 5.53. The van der Waals surface area contributed by atoms with E-state index in [9.17, 15) is 26.4 Å². The van der Waals surface area contributed by atoms with E-state index in [-0.39, 0.29) is 39.7 Å². The molecule has 0 heterocycles. The van der Waals surface area contributed by atoms with E-state index in [0.29, 0.717) is 24.2 Å². The lowest BCUT2D eigenvalue weighted by atomic mass is 9.48. The van der Waals surface area contributed by atoms with E-state index in [0.717, 1.165) is 49.0 Å². The van der Waals surface area contributed by atoms with Gasteiger partial charge in [0.15, 0.2) is 5.78 Å². The smallest absolute Gasteiger partial charge is 0.534 e. The van der Waals surface area contributed by atoms with Crippen LogP contribution < -0.4 is 4.43 Å². The molecule has 0 amide bonds. The van der Waals surface area contributed by atoms with Gasteiger partial charge in [0.2, 0.25) is 8.32 Å². The summed E-state index contributed by atoms with van der Waals surface area (Å²) < 4.78 is 72.9. The summed E-state index contributed by atoms with van der Waals surface area (Å²) in [5.74, 6) is 1.89. The van der Waals surface area contributed by atoms with Crippen LogP contribution in [0.5, 0.6) is 5.75 Å². The molecule has 43 heavy (non-hydrogen) atoms. The van der Waals surface area contributed by atoms with Crippen molar-refractivity contribution >= 4 is 24.2 Å². The van der Waals surface area contributed by atoms with Gasteiger partial charge in [0.25, 0.3) is 0 Å². The van der Waals surface area contributed by atoms with Gasteiger partial charge in [0.1, 0.15) is 11.5 Å². The van der Waals surface area contributed by atoms with Gasteiger partial charge in [-0.2, -0.15) is 21.6 Å². The number of halogens is 3. The van der Waals surface area contributed by atoms with Crippen molar-refractivity contribution in [2.75, 3.05) is 0 Å². The van der Waals surface area contributed by atoms with Crippen molar-refractivity contribution in [1.29, 1.82) is 0 Å². The van der Waals surface area contributed by atoms with Crippen LogP contribution in [0.4, 0.5) is 13.2 Å². The highest BCUT2D eigenvalue weighted by Gasteiger charge is 2.60. The van der Waals surface area contributed by atoms with Gasteiger partial charge in [0.05, 0.1) is 0 Å². The molecule has 0 bridgehead atoms. The minimum absolute atomic E-state index is 0.0531. The Labute approximate surface area is 255 Å². The number of rotatable bonds is 6. The third-order valence-corrected chi connectivity index (χ3v) is 17.2. The average molecular weight is 639 g/mol. The summed E-state index contributed by atoms with van der Waals surface area (Å²) in [4.78, 5) is 13.9. The molecule has 238 valence electrons. The minimum Gasteiger partial charge on any atom is -0.544 e. The highest BCUT2D eigenvalue weighted by molar-refractivity contribution is 7.87. The fourth-order valence-electron chi connectivity index (χ4n) is 8.32. The van der Waals surface area contributed by atoms with Gasteiger partial charge in [-0.25, -0.2) is 0 Å². The van der Waals surface area contributed by atoms with E-state index in [1.807, 2.05) is 24.3 Å². The van der Waals surface area contributed by atoms with Crippen LogP contribution in [0, 0.1) is 34.5 Å². The lowest BCUT2D eigenvalue weighted by Gasteiger charge is -2.56. The minimum atomic E-state index is -5.68. The number of alkyl halides is 3. The van der Waals surface area contributed by atoms with Crippen LogP contribution in [0.1, 0.15) is 89.9 Å². The Morgan fingerprint density at radius 1 is 0.977 bits per heavy atom. The van der Waals surface area contributed by atoms with Crippen molar-refractivity contribution in [2.24, 2.45) is 34.5 Å². The van der Waals surface area contributed by atoms with E-state index in [1.165, 1.54) is 6.08 Å². The predicted molar refractivity (Wildman–Crippen MR) is 163 cm³/mol. The second-order valence-electron chi connectivity index (χ2n) is 15.2. The number of hydrogen-bond donors (Lipinski definition) is 0. The van der Waals surface area contributed by atoms with Crippen molar-refractivity contribution in [3.05, 3.63) is 53.3 Å². The molecule has 0 aliphatic heterocycles. The maximum atomic E-state index is 13.9. The first-order valence-corrected chi connectivity index (χ1v) is 19.8. The first kappa shape index (κ1) is 32.3. The molecule has 0 spiro atoms. The maximum absolute atomic E-state index is 13.9. The maximum Gasteiger partial charge on any atom is 0.534 e. The Morgan fingerprint density at radius 3 is 2.23 bits per heavy atom. The van der Waals surface area contributed by atoms with Crippen LogP contribution in [-0.4, -0.2) is 28.0 Å². The second kappa shape index (κ2) is 10.5. The van der Waals surface area contributed by atoms with E-state index < -0.39 is 23.9 Å². The summed E-state index contributed by atoms with van der Waals surface area (Å²) >= 11 is 0. The first-order chi connectivity index (χ1) is 19.7. The average Bonchev–Trinajstić information content (AvgIpc) is 3.24. The zero-order valence-electron chi connectivity index (χ0n) is 26.3. The van der Waals surface area contributed by atoms with Crippen molar-refractivity contribution in [1.82, 2.24) is 0 Å². The van der Waals surface area contributed by atoms with Crippen LogP contribution in [0.15, 0.2) is 47.7 Å². The van der Waals surface area contributed by atoms with Gasteiger partial charge in [-0.15, -0.1) is 0 Å². The SMILES string of the molecule is CC(C)(C)[Si](C)(C)Oc1ccc(C(=O)[C@H]2CCC3C4CC=C5C=C(OS(=O)(=O)C(F)(F)F)CC[C@]5(C)C4CC[C@@]32C)cc1. The van der Waals surface area contributed by atoms with Crippen molar-refractivity contribution < 1.29 is 35.0 Å². The molecule has 0 saturated heterocycles. The van der Waals surface area contributed by atoms with Crippen molar-refractivity contribution in [2.45, 2.75) is 103 Å². The molecule has 0 aromatic heterocycles. The van der Waals surface area contributed by atoms with Gasteiger partial charge >= 0.3 is 15.6 Å². The number of benzene rings is 1. The highest BCUT2D eigenvalue weighted by atomic mass is 32.2. The quantitative estimate of drug-likeness (QED) is 0.135. The number of allylic oxidation sites excluding steroid dienone is 4. The largest absolute Gasteiger partial charge is 0.544 e. The molecule has 0 radical (unpaired) electrons. The summed E-state index contributed by atoms with van der Waals surface area (Å²) in [6.45, 7) is 15.5. The Bertz CT molecular complexity index is 1440. The van der Waals surface area contributed by atoms with Gasteiger partial charge in [0, 0.05) is 17.9 Å². The Kier molecular flexibility index (Phi) is 7.89. The molecular weight excluding hydrogens is 594 g/mol. The molecule has 4 aliphatic rings. The van der Waals surface area contributed by atoms with E-state index in [2.05, 4.69) is 58.0 Å². The summed E-state index contributed by atoms with van der Waals surface area (Å²) in [5, 5.41) is 0.0810. The standard InChI is InChI=1S/C33H45F3O5SSi/c1-30(2,3)43(6,7)41-23-11-8-21(9-12-23)29(37)28-15-14-26-25-13-10-22-20-24(40-42(38,39)33(34,35)36)16-18-31(22,4)27(25)17-19-32(26,28)5/h8-12,20,25-28H,13-19H2,1-7H3/t25?,26?,27?,28-,31+,32+/m1/s1. The van der Waals surface area contributed by atoms with Crippen LogP contribution in [-0.2, 0) is 14.3 Å². The summed E-state index contributed by atoms with van der Waals surface area (Å²) in [6.07, 6.45) is 8.73. The molecule has 3 unspecified atom stereocenters. The zero-order valence-corrected chi connectivity index (χ0v) is 28.1. The fraction of sp³-hybridized carbons (Fsp3) is 0.667. The number of fused-ring (bicyclic) bond motifs is 5. The molecular formula is C33H45F3O5SSi. The predicted octanol–water partition coefficient (Wildman–Crippen LogP) is 9.19.